The van der Waals surface area contributed by atoms with Gasteiger partial charge in [-0.15, -0.1) is 0 Å². The van der Waals surface area contributed by atoms with Crippen molar-refractivity contribution in [3.05, 3.63) is 11.1 Å². The van der Waals surface area contributed by atoms with Crippen LogP contribution in [0.4, 0.5) is 0 Å². The van der Waals surface area contributed by atoms with Gasteiger partial charge < -0.3 is 24.4 Å². The van der Waals surface area contributed by atoms with Gasteiger partial charge in [-0.1, -0.05) is 0 Å². The highest BCUT2D eigenvalue weighted by Crippen LogP contribution is 2.16. The van der Waals surface area contributed by atoms with Crippen molar-refractivity contribution in [2.75, 3.05) is 34.0 Å². The highest BCUT2D eigenvalue weighted by molar-refractivity contribution is 6.01. The van der Waals surface area contributed by atoms with E-state index in [2.05, 4.69) is 0 Å². The summed E-state index contributed by atoms with van der Waals surface area (Å²) >= 11 is 0. The van der Waals surface area contributed by atoms with Crippen LogP contribution < -0.4 is 0 Å². The lowest BCUT2D eigenvalue weighted by molar-refractivity contribution is -0.145. The van der Waals surface area contributed by atoms with E-state index in [0.29, 0.717) is 26.1 Å². The summed E-state index contributed by atoms with van der Waals surface area (Å²) in [4.78, 5) is 34.0. The number of carboxylic acid groups (broad SMARTS) is 2. The molecule has 0 unspecified atom stereocenters. The van der Waals surface area contributed by atoms with Gasteiger partial charge in [0.05, 0.1) is 18.6 Å². The monoisotopic (exact) mass is 318 g/mol. The number of carbonyl (C=O) groups excluding carboxylic acids is 1. The highest BCUT2D eigenvalue weighted by Gasteiger charge is 2.23. The summed E-state index contributed by atoms with van der Waals surface area (Å²) in [5.74, 6) is -3.58. The molecule has 8 nitrogen and oxygen atoms in total. The Bertz CT molecular complexity index is 413. The van der Waals surface area contributed by atoms with Gasteiger partial charge in [0, 0.05) is 39.4 Å². The number of carboxylic acids is 2. The van der Waals surface area contributed by atoms with Crippen LogP contribution in [0.15, 0.2) is 11.1 Å². The fourth-order valence-electron chi connectivity index (χ4n) is 1.68. The van der Waals surface area contributed by atoms with Crippen LogP contribution in [-0.2, 0) is 28.6 Å². The molecule has 0 rings (SSSR count). The van der Waals surface area contributed by atoms with E-state index in [1.165, 1.54) is 14.2 Å². The standard InChI is InChI=1S/C14H22O8/c1-20-6-3-5-10(13(16)17)11(14(18)19)9-12(15)22-8-4-7-21-2/h3-9H2,1-2H3,(H,16,17)(H,18,19)/b11-10+. The molecule has 0 fully saturated rings. The minimum atomic E-state index is -1.44. The molecule has 0 atom stereocenters. The summed E-state index contributed by atoms with van der Waals surface area (Å²) in [6, 6.07) is 0. The van der Waals surface area contributed by atoms with Gasteiger partial charge in [0.1, 0.15) is 0 Å². The van der Waals surface area contributed by atoms with E-state index in [-0.39, 0.29) is 18.6 Å². The third kappa shape index (κ3) is 8.38. The predicted molar refractivity (Wildman–Crippen MR) is 75.5 cm³/mol. The molecule has 0 aromatic heterocycles. The Morgan fingerprint density at radius 2 is 1.36 bits per heavy atom. The van der Waals surface area contributed by atoms with E-state index in [1.807, 2.05) is 0 Å². The Morgan fingerprint density at radius 1 is 0.818 bits per heavy atom. The zero-order valence-corrected chi connectivity index (χ0v) is 12.8. The van der Waals surface area contributed by atoms with Gasteiger partial charge in [-0.05, 0) is 12.8 Å². The average molecular weight is 318 g/mol. The van der Waals surface area contributed by atoms with Crippen molar-refractivity contribution in [2.24, 2.45) is 0 Å². The second-order valence-corrected chi connectivity index (χ2v) is 4.41. The van der Waals surface area contributed by atoms with E-state index in [0.717, 1.165) is 0 Å². The van der Waals surface area contributed by atoms with Gasteiger partial charge in [-0.2, -0.15) is 0 Å². The normalized spacial score (nSPS) is 11.7. The zero-order chi connectivity index (χ0) is 17.0. The highest BCUT2D eigenvalue weighted by atomic mass is 16.5. The van der Waals surface area contributed by atoms with Crippen molar-refractivity contribution < 1.29 is 38.8 Å². The first-order valence-corrected chi connectivity index (χ1v) is 6.76. The molecule has 0 aromatic carbocycles. The Hall–Kier alpha value is -1.93. The Labute approximate surface area is 128 Å². The van der Waals surface area contributed by atoms with Crippen molar-refractivity contribution in [3.8, 4) is 0 Å². The van der Waals surface area contributed by atoms with Crippen molar-refractivity contribution in [1.82, 2.24) is 0 Å². The molecule has 0 aliphatic carbocycles. The van der Waals surface area contributed by atoms with Gasteiger partial charge in [0.15, 0.2) is 0 Å². The number of hydrogen-bond acceptors (Lipinski definition) is 6. The molecule has 0 aliphatic rings. The first-order valence-electron chi connectivity index (χ1n) is 6.76. The lowest BCUT2D eigenvalue weighted by Gasteiger charge is -2.09. The quantitative estimate of drug-likeness (QED) is 0.309. The smallest absolute Gasteiger partial charge is 0.332 e. The predicted octanol–water partition coefficient (Wildman–Crippen LogP) is 0.849. The first kappa shape index (κ1) is 20.1. The van der Waals surface area contributed by atoms with Gasteiger partial charge in [0.2, 0.25) is 0 Å². The van der Waals surface area contributed by atoms with Crippen molar-refractivity contribution in [3.63, 3.8) is 0 Å². The summed E-state index contributed by atoms with van der Waals surface area (Å²) in [7, 11) is 2.96. The molecule has 0 spiro atoms. The largest absolute Gasteiger partial charge is 0.478 e. The summed E-state index contributed by atoms with van der Waals surface area (Å²) in [5.41, 5.74) is -0.765. The van der Waals surface area contributed by atoms with Gasteiger partial charge in [-0.25, -0.2) is 9.59 Å². The zero-order valence-electron chi connectivity index (χ0n) is 12.8. The Kier molecular flexibility index (Phi) is 10.7. The van der Waals surface area contributed by atoms with E-state index in [4.69, 9.17) is 24.4 Å². The molecule has 0 radical (unpaired) electrons. The Morgan fingerprint density at radius 3 is 1.86 bits per heavy atom. The number of aliphatic carboxylic acids is 2. The van der Waals surface area contributed by atoms with E-state index in [1.54, 1.807) is 0 Å². The molecule has 8 heteroatoms. The van der Waals surface area contributed by atoms with Crippen molar-refractivity contribution >= 4 is 17.9 Å². The molecule has 0 saturated carbocycles. The van der Waals surface area contributed by atoms with E-state index >= 15 is 0 Å². The number of rotatable bonds is 12. The van der Waals surface area contributed by atoms with Crippen LogP contribution in [0.1, 0.15) is 25.7 Å². The number of methoxy groups -OCH3 is 2. The maximum Gasteiger partial charge on any atom is 0.332 e. The number of ether oxygens (including phenoxy) is 3. The number of hydrogen-bond donors (Lipinski definition) is 2. The molecule has 0 bridgehead atoms. The third-order valence-corrected chi connectivity index (χ3v) is 2.73. The molecular formula is C14H22O8. The summed E-state index contributed by atoms with van der Waals surface area (Å²) < 4.78 is 14.4. The molecular weight excluding hydrogens is 296 g/mol. The molecule has 126 valence electrons. The lowest BCUT2D eigenvalue weighted by atomic mass is 10.0. The van der Waals surface area contributed by atoms with Crippen LogP contribution in [0.5, 0.6) is 0 Å². The second kappa shape index (κ2) is 11.7. The molecule has 0 heterocycles. The van der Waals surface area contributed by atoms with Crippen molar-refractivity contribution in [2.45, 2.75) is 25.7 Å². The van der Waals surface area contributed by atoms with Gasteiger partial charge in [0.25, 0.3) is 0 Å². The van der Waals surface area contributed by atoms with Crippen LogP contribution in [0.3, 0.4) is 0 Å². The molecule has 0 aromatic rings. The fourth-order valence-corrected chi connectivity index (χ4v) is 1.68. The molecule has 0 aliphatic heterocycles. The maximum absolute atomic E-state index is 11.6. The van der Waals surface area contributed by atoms with Gasteiger partial charge >= 0.3 is 17.9 Å². The lowest BCUT2D eigenvalue weighted by Crippen LogP contribution is -2.17. The van der Waals surface area contributed by atoms with E-state index in [9.17, 15) is 14.4 Å². The topological polar surface area (TPSA) is 119 Å². The molecule has 0 amide bonds. The molecule has 22 heavy (non-hydrogen) atoms. The number of carbonyl (C=O) groups is 3. The van der Waals surface area contributed by atoms with Crippen LogP contribution in [0.25, 0.3) is 0 Å². The van der Waals surface area contributed by atoms with Gasteiger partial charge in [-0.3, -0.25) is 4.79 Å². The van der Waals surface area contributed by atoms with E-state index < -0.39 is 29.9 Å². The van der Waals surface area contributed by atoms with Crippen molar-refractivity contribution in [1.29, 1.82) is 0 Å². The minimum absolute atomic E-state index is 0.00175. The van der Waals surface area contributed by atoms with Crippen LogP contribution in [0, 0.1) is 0 Å². The third-order valence-electron chi connectivity index (χ3n) is 2.73. The minimum Gasteiger partial charge on any atom is -0.478 e. The SMILES string of the molecule is COCCCOC(=O)C/C(C(=O)O)=C(/CCCOC)C(=O)O. The second-order valence-electron chi connectivity index (χ2n) is 4.41. The first-order chi connectivity index (χ1) is 10.4. The summed E-state index contributed by atoms with van der Waals surface area (Å²) in [6.45, 7) is 0.795. The summed E-state index contributed by atoms with van der Waals surface area (Å²) in [6.07, 6.45) is 0.241. The van der Waals surface area contributed by atoms with Crippen LogP contribution >= 0.6 is 0 Å². The average Bonchev–Trinajstić information content (AvgIpc) is 2.46. The number of esters is 1. The fraction of sp³-hybridized carbons (Fsp3) is 0.643. The maximum atomic E-state index is 11.6. The van der Waals surface area contributed by atoms with Crippen LogP contribution in [-0.4, -0.2) is 62.2 Å². The summed E-state index contributed by atoms with van der Waals surface area (Å²) in [5, 5.41) is 18.2. The van der Waals surface area contributed by atoms with Crippen LogP contribution in [0.2, 0.25) is 0 Å². The molecule has 0 saturated heterocycles. The molecule has 2 N–H and O–H groups in total. The Balaban J connectivity index is 4.83.